The summed E-state index contributed by atoms with van der Waals surface area (Å²) in [6.45, 7) is 2.77. The second-order valence-electron chi connectivity index (χ2n) is 5.26. The highest BCUT2D eigenvalue weighted by molar-refractivity contribution is 5.80. The topological polar surface area (TPSA) is 80.2 Å². The van der Waals surface area contributed by atoms with Gasteiger partial charge in [-0.25, -0.2) is 0 Å². The van der Waals surface area contributed by atoms with E-state index in [1.54, 1.807) is 18.2 Å². The van der Waals surface area contributed by atoms with E-state index in [2.05, 4.69) is 10.5 Å². The molecule has 1 amide bonds. The Balaban J connectivity index is 1.84. The van der Waals surface area contributed by atoms with E-state index in [9.17, 15) is 4.79 Å². The first-order valence-electron chi connectivity index (χ1n) is 8.10. The van der Waals surface area contributed by atoms with E-state index in [4.69, 9.17) is 14.7 Å². The number of carbonyl (C=O) groups excluding carboxylic acids is 1. The predicted molar refractivity (Wildman–Crippen MR) is 95.6 cm³/mol. The van der Waals surface area contributed by atoms with Gasteiger partial charge >= 0.3 is 0 Å². The number of oxime groups is 1. The quantitative estimate of drug-likeness (QED) is 0.417. The molecular formula is C19H22N2O4. The lowest BCUT2D eigenvalue weighted by atomic mass is 10.1. The molecule has 0 aliphatic carbocycles. The van der Waals surface area contributed by atoms with Gasteiger partial charge in [-0.05, 0) is 37.1 Å². The third-order valence-electron chi connectivity index (χ3n) is 3.41. The van der Waals surface area contributed by atoms with Crippen molar-refractivity contribution in [3.8, 4) is 11.5 Å². The van der Waals surface area contributed by atoms with E-state index in [-0.39, 0.29) is 12.5 Å². The Morgan fingerprint density at radius 1 is 1.16 bits per heavy atom. The van der Waals surface area contributed by atoms with E-state index >= 15 is 0 Å². The van der Waals surface area contributed by atoms with Crippen LogP contribution in [0, 0.1) is 0 Å². The lowest BCUT2D eigenvalue weighted by Gasteiger charge is -2.12. The Morgan fingerprint density at radius 3 is 2.68 bits per heavy atom. The van der Waals surface area contributed by atoms with Gasteiger partial charge in [0.25, 0.3) is 5.91 Å². The van der Waals surface area contributed by atoms with Gasteiger partial charge in [-0.1, -0.05) is 35.5 Å². The molecule has 0 fully saturated rings. The molecule has 0 radical (unpaired) electrons. The molecule has 6 heteroatoms. The van der Waals surface area contributed by atoms with Gasteiger partial charge in [-0.15, -0.1) is 0 Å². The number of hydrogen-bond donors (Lipinski definition) is 2. The Kier molecular flexibility index (Phi) is 7.31. The van der Waals surface area contributed by atoms with Gasteiger partial charge in [0.1, 0.15) is 0 Å². The molecule has 2 rings (SSSR count). The summed E-state index contributed by atoms with van der Waals surface area (Å²) in [6, 6.07) is 15.0. The van der Waals surface area contributed by atoms with Crippen molar-refractivity contribution in [2.75, 3.05) is 19.8 Å². The summed E-state index contributed by atoms with van der Waals surface area (Å²) in [5.41, 5.74) is 1.84. The van der Waals surface area contributed by atoms with Crippen LogP contribution in [0.25, 0.3) is 0 Å². The van der Waals surface area contributed by atoms with Crippen LogP contribution >= 0.6 is 0 Å². The standard InChI is InChI=1S/C19H22N2O4/c1-2-24-18-12-16(13-21-23)8-9-17(18)25-14-19(22)20-11-10-15-6-4-3-5-7-15/h3-9,12-13,23H,2,10-11,14H2,1H3,(H,20,22)/b21-13+. The highest BCUT2D eigenvalue weighted by Crippen LogP contribution is 2.28. The summed E-state index contributed by atoms with van der Waals surface area (Å²) in [7, 11) is 0. The van der Waals surface area contributed by atoms with Gasteiger partial charge in [0.05, 0.1) is 12.8 Å². The van der Waals surface area contributed by atoms with Crippen LogP contribution in [0.4, 0.5) is 0 Å². The molecule has 0 aromatic heterocycles. The fourth-order valence-electron chi connectivity index (χ4n) is 2.24. The first-order chi connectivity index (χ1) is 12.2. The smallest absolute Gasteiger partial charge is 0.257 e. The Labute approximate surface area is 147 Å². The number of carbonyl (C=O) groups is 1. The molecule has 2 aromatic rings. The fourth-order valence-corrected chi connectivity index (χ4v) is 2.24. The highest BCUT2D eigenvalue weighted by Gasteiger charge is 2.09. The zero-order valence-corrected chi connectivity index (χ0v) is 14.1. The maximum Gasteiger partial charge on any atom is 0.257 e. The molecular weight excluding hydrogens is 320 g/mol. The monoisotopic (exact) mass is 342 g/mol. The van der Waals surface area contributed by atoms with Gasteiger partial charge in [-0.3, -0.25) is 4.79 Å². The second-order valence-corrected chi connectivity index (χ2v) is 5.26. The molecule has 0 atom stereocenters. The lowest BCUT2D eigenvalue weighted by Crippen LogP contribution is -2.30. The average Bonchev–Trinajstić information content (AvgIpc) is 2.62. The summed E-state index contributed by atoms with van der Waals surface area (Å²) < 4.78 is 11.0. The lowest BCUT2D eigenvalue weighted by molar-refractivity contribution is -0.123. The maximum atomic E-state index is 11.9. The van der Waals surface area contributed by atoms with Gasteiger partial charge in [0, 0.05) is 12.1 Å². The van der Waals surface area contributed by atoms with Crippen LogP contribution in [0.5, 0.6) is 11.5 Å². The molecule has 25 heavy (non-hydrogen) atoms. The van der Waals surface area contributed by atoms with Crippen molar-refractivity contribution < 1.29 is 19.5 Å². The molecule has 0 saturated carbocycles. The van der Waals surface area contributed by atoms with Gasteiger partial charge in [-0.2, -0.15) is 0 Å². The van der Waals surface area contributed by atoms with E-state index < -0.39 is 0 Å². The zero-order valence-electron chi connectivity index (χ0n) is 14.1. The van der Waals surface area contributed by atoms with Crippen LogP contribution in [0.3, 0.4) is 0 Å². The number of nitrogens with one attached hydrogen (secondary N) is 1. The van der Waals surface area contributed by atoms with Crippen LogP contribution < -0.4 is 14.8 Å². The van der Waals surface area contributed by atoms with Crippen molar-refractivity contribution in [3.05, 3.63) is 59.7 Å². The van der Waals surface area contributed by atoms with Crippen molar-refractivity contribution in [3.63, 3.8) is 0 Å². The molecule has 0 unspecified atom stereocenters. The Bertz CT molecular complexity index is 702. The number of hydrogen-bond acceptors (Lipinski definition) is 5. The molecule has 2 aromatic carbocycles. The largest absolute Gasteiger partial charge is 0.490 e. The first kappa shape index (κ1) is 18.3. The van der Waals surface area contributed by atoms with Crippen LogP contribution in [-0.4, -0.2) is 37.1 Å². The third-order valence-corrected chi connectivity index (χ3v) is 3.41. The fraction of sp³-hybridized carbons (Fsp3) is 0.263. The third kappa shape index (κ3) is 6.18. The van der Waals surface area contributed by atoms with Gasteiger partial charge < -0.3 is 20.0 Å². The van der Waals surface area contributed by atoms with Crippen LogP contribution in [0.2, 0.25) is 0 Å². The van der Waals surface area contributed by atoms with E-state index in [1.807, 2.05) is 37.3 Å². The molecule has 0 aliphatic rings. The van der Waals surface area contributed by atoms with E-state index in [0.29, 0.717) is 30.2 Å². The molecule has 6 nitrogen and oxygen atoms in total. The summed E-state index contributed by atoms with van der Waals surface area (Å²) in [4.78, 5) is 11.9. The zero-order chi connectivity index (χ0) is 17.9. The van der Waals surface area contributed by atoms with Crippen molar-refractivity contribution in [2.45, 2.75) is 13.3 Å². The molecule has 0 aliphatic heterocycles. The number of amides is 1. The van der Waals surface area contributed by atoms with Crippen molar-refractivity contribution >= 4 is 12.1 Å². The normalized spacial score (nSPS) is 10.6. The van der Waals surface area contributed by atoms with Crippen molar-refractivity contribution in [1.82, 2.24) is 5.32 Å². The number of rotatable bonds is 9. The minimum absolute atomic E-state index is 0.0949. The Hall–Kier alpha value is -3.02. The molecule has 0 saturated heterocycles. The summed E-state index contributed by atoms with van der Waals surface area (Å²) in [5, 5.41) is 14.4. The van der Waals surface area contributed by atoms with Gasteiger partial charge in [0.15, 0.2) is 18.1 Å². The Morgan fingerprint density at radius 2 is 1.96 bits per heavy atom. The average molecular weight is 342 g/mol. The van der Waals surface area contributed by atoms with E-state index in [0.717, 1.165) is 6.42 Å². The molecule has 0 bridgehead atoms. The number of benzene rings is 2. The van der Waals surface area contributed by atoms with Crippen LogP contribution in [0.15, 0.2) is 53.7 Å². The van der Waals surface area contributed by atoms with Crippen LogP contribution in [-0.2, 0) is 11.2 Å². The molecule has 2 N–H and O–H groups in total. The van der Waals surface area contributed by atoms with Crippen molar-refractivity contribution in [1.29, 1.82) is 0 Å². The summed E-state index contributed by atoms with van der Waals surface area (Å²) in [6.07, 6.45) is 2.06. The summed E-state index contributed by atoms with van der Waals surface area (Å²) in [5.74, 6) is 0.770. The number of ether oxygens (including phenoxy) is 2. The second kappa shape index (κ2) is 9.97. The highest BCUT2D eigenvalue weighted by atomic mass is 16.5. The number of nitrogens with zero attached hydrogens (tertiary/aromatic N) is 1. The minimum Gasteiger partial charge on any atom is -0.490 e. The van der Waals surface area contributed by atoms with Gasteiger partial charge in [0.2, 0.25) is 0 Å². The first-order valence-corrected chi connectivity index (χ1v) is 8.10. The SMILES string of the molecule is CCOc1cc(/C=N/O)ccc1OCC(=O)NCCc1ccccc1. The summed E-state index contributed by atoms with van der Waals surface area (Å²) >= 11 is 0. The minimum atomic E-state index is -0.195. The molecule has 0 heterocycles. The van der Waals surface area contributed by atoms with E-state index in [1.165, 1.54) is 11.8 Å². The molecule has 0 spiro atoms. The van der Waals surface area contributed by atoms with Crippen LogP contribution in [0.1, 0.15) is 18.1 Å². The van der Waals surface area contributed by atoms with Crippen molar-refractivity contribution in [2.24, 2.45) is 5.16 Å². The maximum absolute atomic E-state index is 11.9. The predicted octanol–water partition coefficient (Wildman–Crippen LogP) is 2.63. The molecule has 132 valence electrons.